The number of methoxy groups -OCH3 is 1. The second-order valence-corrected chi connectivity index (χ2v) is 5.67. The van der Waals surface area contributed by atoms with Crippen LogP contribution in [0.5, 0.6) is 5.75 Å². The van der Waals surface area contributed by atoms with E-state index in [0.717, 1.165) is 28.3 Å². The molecule has 0 heterocycles. The first kappa shape index (κ1) is 16.2. The van der Waals surface area contributed by atoms with Crippen molar-refractivity contribution >= 4 is 28.7 Å². The Hall–Kier alpha value is -2.69. The lowest BCUT2D eigenvalue weighted by molar-refractivity contribution is 0.416. The van der Waals surface area contributed by atoms with Crippen LogP contribution in [0.1, 0.15) is 0 Å². The molecule has 0 bridgehead atoms. The molecule has 0 saturated carbocycles. The first-order valence-corrected chi connectivity index (χ1v) is 7.76. The summed E-state index contributed by atoms with van der Waals surface area (Å²) in [5.41, 5.74) is 6.11. The van der Waals surface area contributed by atoms with Crippen LogP contribution in [0, 0.1) is 5.21 Å². The van der Waals surface area contributed by atoms with Crippen molar-refractivity contribution in [2.45, 2.75) is 0 Å². The molecule has 0 aliphatic rings. The topological polar surface area (TPSA) is 56.3 Å². The number of halogens is 1. The van der Waals surface area contributed by atoms with Gasteiger partial charge in [-0.1, -0.05) is 23.7 Å². The van der Waals surface area contributed by atoms with Crippen molar-refractivity contribution in [1.82, 2.24) is 0 Å². The molecule has 0 atom stereocenters. The predicted octanol–water partition coefficient (Wildman–Crippen LogP) is 5.67. The van der Waals surface area contributed by atoms with E-state index in [4.69, 9.17) is 16.3 Å². The lowest BCUT2D eigenvalue weighted by atomic mass is 10.0. The van der Waals surface area contributed by atoms with Gasteiger partial charge in [0.25, 0.3) is 0 Å². The molecule has 0 spiro atoms. The summed E-state index contributed by atoms with van der Waals surface area (Å²) in [6.07, 6.45) is 0. The summed E-state index contributed by atoms with van der Waals surface area (Å²) in [5.74, 6) is 0.772. The Balaban J connectivity index is 1.93. The zero-order valence-corrected chi connectivity index (χ0v) is 13.8. The maximum Gasteiger partial charge on any atom is 0.126 e. The van der Waals surface area contributed by atoms with Gasteiger partial charge in [0.15, 0.2) is 0 Å². The Labute approximate surface area is 145 Å². The molecule has 5 heteroatoms. The number of ether oxygens (including phenoxy) is 1. The molecular weight excluding hydrogens is 324 g/mol. The van der Waals surface area contributed by atoms with Crippen molar-refractivity contribution in [1.29, 1.82) is 0 Å². The van der Waals surface area contributed by atoms with Crippen LogP contribution in [0.4, 0.5) is 17.1 Å². The van der Waals surface area contributed by atoms with Gasteiger partial charge >= 0.3 is 0 Å². The minimum atomic E-state index is 0.523. The standard InChI is InChI=1S/C19H16ClN2O2/c1-24-19-10-9-17(21-15-5-7-16(22-23)8-6-15)12-18(19)13-3-2-4-14(20)11-13/h2-12,21-22H,1H3/q-1. The molecule has 0 amide bonds. The fraction of sp³-hybridized carbons (Fsp3) is 0.0526. The largest absolute Gasteiger partial charge is 0.761 e. The van der Waals surface area contributed by atoms with Gasteiger partial charge in [-0.25, -0.2) is 0 Å². The highest BCUT2D eigenvalue weighted by atomic mass is 35.5. The molecule has 24 heavy (non-hydrogen) atoms. The normalized spacial score (nSPS) is 10.3. The maximum absolute atomic E-state index is 10.6. The van der Waals surface area contributed by atoms with E-state index < -0.39 is 0 Å². The number of nitrogens with one attached hydrogen (secondary N) is 2. The van der Waals surface area contributed by atoms with Crippen molar-refractivity contribution in [2.75, 3.05) is 17.9 Å². The highest BCUT2D eigenvalue weighted by molar-refractivity contribution is 6.30. The molecule has 3 rings (SSSR count). The number of anilines is 3. The number of benzene rings is 3. The van der Waals surface area contributed by atoms with E-state index in [1.165, 1.54) is 0 Å². The lowest BCUT2D eigenvalue weighted by Crippen LogP contribution is -1.94. The molecule has 3 aromatic carbocycles. The molecule has 3 aromatic rings. The summed E-state index contributed by atoms with van der Waals surface area (Å²) in [7, 11) is 1.64. The van der Waals surface area contributed by atoms with Gasteiger partial charge in [0.05, 0.1) is 7.11 Å². The van der Waals surface area contributed by atoms with Gasteiger partial charge in [0.2, 0.25) is 0 Å². The van der Waals surface area contributed by atoms with Crippen LogP contribution in [0.25, 0.3) is 11.1 Å². The van der Waals surface area contributed by atoms with Gasteiger partial charge in [-0.15, -0.1) is 0 Å². The molecular formula is C19H16ClN2O2-. The minimum absolute atomic E-state index is 0.523. The molecule has 0 aliphatic heterocycles. The lowest BCUT2D eigenvalue weighted by Gasteiger charge is -2.14. The molecule has 0 radical (unpaired) electrons. The molecule has 0 aromatic heterocycles. The van der Waals surface area contributed by atoms with E-state index in [0.29, 0.717) is 10.7 Å². The summed E-state index contributed by atoms with van der Waals surface area (Å²) in [4.78, 5) is 0. The third kappa shape index (κ3) is 3.62. The Bertz CT molecular complexity index is 835. The van der Waals surface area contributed by atoms with E-state index in [1.807, 2.05) is 60.1 Å². The van der Waals surface area contributed by atoms with Gasteiger partial charge in [-0.2, -0.15) is 0 Å². The van der Waals surface area contributed by atoms with Crippen molar-refractivity contribution in [3.63, 3.8) is 0 Å². The SMILES string of the molecule is COc1ccc(Nc2ccc(N[O-])cc2)cc1-c1cccc(Cl)c1. The number of hydrogen-bond donors (Lipinski definition) is 2. The van der Waals surface area contributed by atoms with Gasteiger partial charge in [0.1, 0.15) is 5.75 Å². The third-order valence-electron chi connectivity index (χ3n) is 3.63. The quantitative estimate of drug-likeness (QED) is 0.588. The average molecular weight is 340 g/mol. The van der Waals surface area contributed by atoms with Gasteiger partial charge in [-0.3, -0.25) is 0 Å². The second kappa shape index (κ2) is 7.25. The van der Waals surface area contributed by atoms with Gasteiger partial charge in [-0.05, 0) is 60.2 Å². The average Bonchev–Trinajstić information content (AvgIpc) is 2.62. The molecule has 0 unspecified atom stereocenters. The van der Waals surface area contributed by atoms with Gasteiger partial charge < -0.3 is 20.7 Å². The van der Waals surface area contributed by atoms with Crippen LogP contribution in [0.2, 0.25) is 5.02 Å². The predicted molar refractivity (Wildman–Crippen MR) is 100 cm³/mol. The molecule has 4 nitrogen and oxygen atoms in total. The number of hydrogen-bond acceptors (Lipinski definition) is 4. The molecule has 0 fully saturated rings. The highest BCUT2D eigenvalue weighted by Crippen LogP contribution is 2.34. The summed E-state index contributed by atoms with van der Waals surface area (Å²) in [6.45, 7) is 0. The van der Waals surface area contributed by atoms with Crippen molar-refractivity contribution in [3.05, 3.63) is 77.0 Å². The first-order chi connectivity index (χ1) is 11.7. The summed E-state index contributed by atoms with van der Waals surface area (Å²) in [5, 5.41) is 14.6. The Morgan fingerprint density at radius 3 is 2.25 bits per heavy atom. The smallest absolute Gasteiger partial charge is 0.126 e. The summed E-state index contributed by atoms with van der Waals surface area (Å²) in [6, 6.07) is 20.6. The van der Waals surface area contributed by atoms with Crippen LogP contribution < -0.4 is 15.5 Å². The summed E-state index contributed by atoms with van der Waals surface area (Å²) >= 11 is 6.10. The monoisotopic (exact) mass is 339 g/mol. The first-order valence-electron chi connectivity index (χ1n) is 7.39. The molecule has 0 aliphatic carbocycles. The Kier molecular flexibility index (Phi) is 4.89. The summed E-state index contributed by atoms with van der Waals surface area (Å²) < 4.78 is 5.46. The second-order valence-electron chi connectivity index (χ2n) is 5.23. The zero-order valence-electron chi connectivity index (χ0n) is 13.0. The minimum Gasteiger partial charge on any atom is -0.761 e. The van der Waals surface area contributed by atoms with Crippen LogP contribution >= 0.6 is 11.6 Å². The Morgan fingerprint density at radius 2 is 1.58 bits per heavy atom. The van der Waals surface area contributed by atoms with Crippen molar-refractivity contribution in [2.24, 2.45) is 0 Å². The van der Waals surface area contributed by atoms with Crippen molar-refractivity contribution in [3.8, 4) is 16.9 Å². The van der Waals surface area contributed by atoms with Crippen LogP contribution in [-0.4, -0.2) is 7.11 Å². The highest BCUT2D eigenvalue weighted by Gasteiger charge is 2.08. The van der Waals surface area contributed by atoms with Crippen molar-refractivity contribution < 1.29 is 4.74 Å². The fourth-order valence-corrected chi connectivity index (χ4v) is 2.65. The van der Waals surface area contributed by atoms with Gasteiger partial charge in [0, 0.05) is 27.6 Å². The van der Waals surface area contributed by atoms with Crippen LogP contribution in [0.15, 0.2) is 66.7 Å². The fourth-order valence-electron chi connectivity index (χ4n) is 2.46. The molecule has 0 saturated heterocycles. The number of rotatable bonds is 5. The Morgan fingerprint density at radius 1 is 0.875 bits per heavy atom. The van der Waals surface area contributed by atoms with E-state index >= 15 is 0 Å². The maximum atomic E-state index is 10.6. The third-order valence-corrected chi connectivity index (χ3v) is 3.86. The van der Waals surface area contributed by atoms with E-state index in [9.17, 15) is 5.21 Å². The van der Waals surface area contributed by atoms with Crippen LogP contribution in [-0.2, 0) is 0 Å². The van der Waals surface area contributed by atoms with Crippen LogP contribution in [0.3, 0.4) is 0 Å². The van der Waals surface area contributed by atoms with E-state index in [-0.39, 0.29) is 0 Å². The van der Waals surface area contributed by atoms with E-state index in [1.54, 1.807) is 19.2 Å². The van der Waals surface area contributed by atoms with E-state index in [2.05, 4.69) is 5.32 Å². The zero-order chi connectivity index (χ0) is 16.9. The molecule has 2 N–H and O–H groups in total. The molecule has 122 valence electrons.